The maximum atomic E-state index is 9.85. The first kappa shape index (κ1) is 16.2. The summed E-state index contributed by atoms with van der Waals surface area (Å²) in [6.45, 7) is 4.31. The summed E-state index contributed by atoms with van der Waals surface area (Å²) in [5.41, 5.74) is 3.79. The minimum atomic E-state index is -0.145. The van der Waals surface area contributed by atoms with Crippen molar-refractivity contribution in [2.45, 2.75) is 32.6 Å². The Morgan fingerprint density at radius 2 is 1.58 bits per heavy atom. The SMILES string of the molecule is CC(C)C[C@@H]1CC(c2ccc(O)c(O)c2)=Cc2cc(O)c(O)cc21. The van der Waals surface area contributed by atoms with Crippen LogP contribution in [0.1, 0.15) is 49.3 Å². The minimum Gasteiger partial charge on any atom is -0.504 e. The van der Waals surface area contributed by atoms with Crippen molar-refractivity contribution in [1.82, 2.24) is 0 Å². The summed E-state index contributed by atoms with van der Waals surface area (Å²) in [5.74, 6) is 0.198. The molecule has 0 aromatic heterocycles. The molecule has 0 bridgehead atoms. The molecule has 0 spiro atoms. The second-order valence-electron chi connectivity index (χ2n) is 6.87. The topological polar surface area (TPSA) is 80.9 Å². The van der Waals surface area contributed by atoms with Crippen molar-refractivity contribution in [1.29, 1.82) is 0 Å². The van der Waals surface area contributed by atoms with Crippen molar-refractivity contribution < 1.29 is 20.4 Å². The standard InChI is InChI=1S/C20H22O4/c1-11(2)5-14-6-13(12-3-4-17(21)18(22)8-12)7-15-9-19(23)20(24)10-16(14)15/h3-4,7-11,14,21-24H,5-6H2,1-2H3/t14-/m1/s1. The minimum absolute atomic E-state index is 0.0957. The van der Waals surface area contributed by atoms with Gasteiger partial charge in [-0.3, -0.25) is 0 Å². The highest BCUT2D eigenvalue weighted by atomic mass is 16.3. The smallest absolute Gasteiger partial charge is 0.158 e. The van der Waals surface area contributed by atoms with Gasteiger partial charge >= 0.3 is 0 Å². The maximum Gasteiger partial charge on any atom is 0.158 e. The third-order valence-electron chi connectivity index (χ3n) is 4.52. The molecule has 0 amide bonds. The van der Waals surface area contributed by atoms with Crippen molar-refractivity contribution in [3.8, 4) is 23.0 Å². The van der Waals surface area contributed by atoms with Crippen LogP contribution >= 0.6 is 0 Å². The van der Waals surface area contributed by atoms with Crippen molar-refractivity contribution in [3.05, 3.63) is 47.0 Å². The summed E-state index contributed by atoms with van der Waals surface area (Å²) >= 11 is 0. The van der Waals surface area contributed by atoms with Crippen LogP contribution in [0, 0.1) is 5.92 Å². The van der Waals surface area contributed by atoms with E-state index < -0.39 is 0 Å². The zero-order valence-corrected chi connectivity index (χ0v) is 13.8. The van der Waals surface area contributed by atoms with Crippen LogP contribution in [-0.2, 0) is 0 Å². The molecule has 0 heterocycles. The van der Waals surface area contributed by atoms with Gasteiger partial charge in [0.1, 0.15) is 0 Å². The maximum absolute atomic E-state index is 9.85. The summed E-state index contributed by atoms with van der Waals surface area (Å²) in [7, 11) is 0. The molecule has 4 N–H and O–H groups in total. The van der Waals surface area contributed by atoms with Crippen molar-refractivity contribution >= 4 is 11.6 Å². The predicted molar refractivity (Wildman–Crippen MR) is 94.2 cm³/mol. The van der Waals surface area contributed by atoms with E-state index >= 15 is 0 Å². The van der Waals surface area contributed by atoms with Crippen LogP contribution in [-0.4, -0.2) is 20.4 Å². The summed E-state index contributed by atoms with van der Waals surface area (Å²) in [6.07, 6.45) is 3.70. The third-order valence-corrected chi connectivity index (χ3v) is 4.52. The van der Waals surface area contributed by atoms with Gasteiger partial charge in [-0.1, -0.05) is 26.0 Å². The molecular formula is C20H22O4. The third kappa shape index (κ3) is 3.04. The molecular weight excluding hydrogens is 304 g/mol. The van der Waals surface area contributed by atoms with E-state index in [1.807, 2.05) is 6.08 Å². The number of fused-ring (bicyclic) bond motifs is 1. The molecule has 0 fully saturated rings. The van der Waals surface area contributed by atoms with E-state index in [0.717, 1.165) is 35.1 Å². The molecule has 0 unspecified atom stereocenters. The lowest BCUT2D eigenvalue weighted by Gasteiger charge is -2.28. The fourth-order valence-electron chi connectivity index (χ4n) is 3.41. The van der Waals surface area contributed by atoms with Crippen LogP contribution in [0.4, 0.5) is 0 Å². The fraction of sp³-hybridized carbons (Fsp3) is 0.300. The molecule has 1 aliphatic rings. The molecule has 0 saturated heterocycles. The molecule has 0 saturated carbocycles. The summed E-state index contributed by atoms with van der Waals surface area (Å²) in [5, 5.41) is 38.9. The van der Waals surface area contributed by atoms with E-state index in [-0.39, 0.29) is 28.9 Å². The number of rotatable bonds is 3. The average molecular weight is 326 g/mol. The van der Waals surface area contributed by atoms with E-state index in [1.54, 1.807) is 24.3 Å². The largest absolute Gasteiger partial charge is 0.504 e. The van der Waals surface area contributed by atoms with Crippen molar-refractivity contribution in [3.63, 3.8) is 0 Å². The second kappa shape index (κ2) is 6.11. The Labute approximate surface area is 141 Å². The molecule has 2 aromatic rings. The Kier molecular flexibility index (Phi) is 4.14. The molecule has 1 atom stereocenters. The van der Waals surface area contributed by atoms with Crippen LogP contribution in [0.3, 0.4) is 0 Å². The Bertz CT molecular complexity index is 806. The number of aromatic hydroxyl groups is 4. The number of phenolic OH excluding ortho intramolecular Hbond substituents is 4. The van der Waals surface area contributed by atoms with Gasteiger partial charge in [-0.2, -0.15) is 0 Å². The molecule has 24 heavy (non-hydrogen) atoms. The van der Waals surface area contributed by atoms with Gasteiger partial charge in [-0.15, -0.1) is 0 Å². The zero-order valence-electron chi connectivity index (χ0n) is 13.8. The Balaban J connectivity index is 2.09. The summed E-state index contributed by atoms with van der Waals surface area (Å²) in [4.78, 5) is 0. The number of hydrogen-bond donors (Lipinski definition) is 4. The lowest BCUT2D eigenvalue weighted by Crippen LogP contribution is -2.10. The quantitative estimate of drug-likeness (QED) is 0.622. The van der Waals surface area contributed by atoms with E-state index in [1.165, 1.54) is 6.07 Å². The number of benzene rings is 2. The van der Waals surface area contributed by atoms with Gasteiger partial charge < -0.3 is 20.4 Å². The van der Waals surface area contributed by atoms with Gasteiger partial charge in [0.25, 0.3) is 0 Å². The Hall–Kier alpha value is -2.62. The van der Waals surface area contributed by atoms with Gasteiger partial charge in [-0.05, 0) is 71.2 Å². The van der Waals surface area contributed by atoms with E-state index in [0.29, 0.717) is 5.92 Å². The highest BCUT2D eigenvalue weighted by Gasteiger charge is 2.25. The fourth-order valence-corrected chi connectivity index (χ4v) is 3.41. The summed E-state index contributed by atoms with van der Waals surface area (Å²) in [6, 6.07) is 8.04. The normalized spacial score (nSPS) is 16.8. The highest BCUT2D eigenvalue weighted by molar-refractivity contribution is 5.86. The number of phenols is 4. The monoisotopic (exact) mass is 326 g/mol. The lowest BCUT2D eigenvalue weighted by atomic mass is 9.77. The van der Waals surface area contributed by atoms with Gasteiger partial charge in [-0.25, -0.2) is 0 Å². The van der Waals surface area contributed by atoms with E-state index in [4.69, 9.17) is 0 Å². The molecule has 1 aliphatic carbocycles. The van der Waals surface area contributed by atoms with Gasteiger partial charge in [0.15, 0.2) is 23.0 Å². The van der Waals surface area contributed by atoms with Crippen LogP contribution < -0.4 is 0 Å². The average Bonchev–Trinajstić information content (AvgIpc) is 2.51. The number of allylic oxidation sites excluding steroid dienone is 1. The molecule has 0 aliphatic heterocycles. The van der Waals surface area contributed by atoms with E-state index in [2.05, 4.69) is 13.8 Å². The molecule has 126 valence electrons. The van der Waals surface area contributed by atoms with Gasteiger partial charge in [0.05, 0.1) is 0 Å². The Morgan fingerprint density at radius 1 is 0.917 bits per heavy atom. The first-order valence-electron chi connectivity index (χ1n) is 8.14. The molecule has 3 rings (SSSR count). The second-order valence-corrected chi connectivity index (χ2v) is 6.87. The van der Waals surface area contributed by atoms with Crippen LogP contribution in [0.15, 0.2) is 30.3 Å². The predicted octanol–water partition coefficient (Wildman–Crippen LogP) is 4.58. The number of hydrogen-bond acceptors (Lipinski definition) is 4. The zero-order chi connectivity index (χ0) is 17.4. The lowest BCUT2D eigenvalue weighted by molar-refractivity contribution is 0.401. The molecule has 4 heteroatoms. The Morgan fingerprint density at radius 3 is 2.25 bits per heavy atom. The van der Waals surface area contributed by atoms with Crippen LogP contribution in [0.2, 0.25) is 0 Å². The van der Waals surface area contributed by atoms with Crippen LogP contribution in [0.25, 0.3) is 11.6 Å². The molecule has 2 aromatic carbocycles. The van der Waals surface area contributed by atoms with Crippen molar-refractivity contribution in [2.24, 2.45) is 5.92 Å². The van der Waals surface area contributed by atoms with Gasteiger partial charge in [0, 0.05) is 0 Å². The van der Waals surface area contributed by atoms with Gasteiger partial charge in [0.2, 0.25) is 0 Å². The highest BCUT2D eigenvalue weighted by Crippen LogP contribution is 2.45. The molecule has 4 nitrogen and oxygen atoms in total. The van der Waals surface area contributed by atoms with Crippen molar-refractivity contribution in [2.75, 3.05) is 0 Å². The first-order valence-corrected chi connectivity index (χ1v) is 8.14. The first-order chi connectivity index (χ1) is 11.3. The summed E-state index contributed by atoms with van der Waals surface area (Å²) < 4.78 is 0. The van der Waals surface area contributed by atoms with Crippen LogP contribution in [0.5, 0.6) is 23.0 Å². The van der Waals surface area contributed by atoms with E-state index in [9.17, 15) is 20.4 Å². The molecule has 0 radical (unpaired) electrons.